The summed E-state index contributed by atoms with van der Waals surface area (Å²) in [6, 6.07) is 9.55. The van der Waals surface area contributed by atoms with E-state index < -0.39 is 5.82 Å². The molecular weight excluding hydrogens is 280 g/mol. The standard InChI is InChI=1S/C16H16ClF2N/c1-10-3-5-12(15(19)7-10)16(20-2)9-11-4-6-14(18)13(17)8-11/h3-8,16,20H,9H2,1-2H3. The van der Waals surface area contributed by atoms with Gasteiger partial charge in [0.05, 0.1) is 5.02 Å². The van der Waals surface area contributed by atoms with Crippen LogP contribution in [-0.4, -0.2) is 7.05 Å². The van der Waals surface area contributed by atoms with Crippen LogP contribution in [0.25, 0.3) is 0 Å². The zero-order chi connectivity index (χ0) is 14.7. The zero-order valence-electron chi connectivity index (χ0n) is 11.4. The maximum absolute atomic E-state index is 14.0. The molecule has 0 amide bonds. The SMILES string of the molecule is CNC(Cc1ccc(F)c(Cl)c1)c1ccc(C)cc1F. The summed E-state index contributed by atoms with van der Waals surface area (Å²) < 4.78 is 27.1. The molecule has 0 saturated heterocycles. The molecule has 0 aliphatic carbocycles. The molecule has 1 unspecified atom stereocenters. The fourth-order valence-electron chi connectivity index (χ4n) is 2.18. The first-order chi connectivity index (χ1) is 9.51. The van der Waals surface area contributed by atoms with Crippen molar-refractivity contribution in [3.8, 4) is 0 Å². The topological polar surface area (TPSA) is 12.0 Å². The second-order valence-corrected chi connectivity index (χ2v) is 5.23. The van der Waals surface area contributed by atoms with Gasteiger partial charge in [0.15, 0.2) is 0 Å². The van der Waals surface area contributed by atoms with Gasteiger partial charge in [0, 0.05) is 11.6 Å². The molecule has 0 saturated carbocycles. The van der Waals surface area contributed by atoms with E-state index in [2.05, 4.69) is 5.32 Å². The minimum atomic E-state index is -0.446. The molecule has 0 bridgehead atoms. The molecule has 2 aromatic rings. The molecule has 20 heavy (non-hydrogen) atoms. The molecule has 2 aromatic carbocycles. The van der Waals surface area contributed by atoms with Crippen LogP contribution >= 0.6 is 11.6 Å². The van der Waals surface area contributed by atoms with Crippen LogP contribution in [0.1, 0.15) is 22.7 Å². The smallest absolute Gasteiger partial charge is 0.141 e. The van der Waals surface area contributed by atoms with E-state index in [-0.39, 0.29) is 16.9 Å². The van der Waals surface area contributed by atoms with Gasteiger partial charge in [-0.2, -0.15) is 0 Å². The van der Waals surface area contributed by atoms with Crippen molar-refractivity contribution in [2.75, 3.05) is 7.05 Å². The van der Waals surface area contributed by atoms with Crippen LogP contribution in [0.3, 0.4) is 0 Å². The minimum Gasteiger partial charge on any atom is -0.313 e. The number of benzene rings is 2. The summed E-state index contributed by atoms with van der Waals surface area (Å²) in [6.07, 6.45) is 0.538. The van der Waals surface area contributed by atoms with Gasteiger partial charge in [-0.1, -0.05) is 29.8 Å². The molecule has 2 rings (SSSR count). The third-order valence-corrected chi connectivity index (χ3v) is 3.59. The lowest BCUT2D eigenvalue weighted by atomic mass is 9.97. The van der Waals surface area contributed by atoms with Gasteiger partial charge in [-0.3, -0.25) is 0 Å². The molecular formula is C16H16ClF2N. The van der Waals surface area contributed by atoms with Crippen LogP contribution in [0.2, 0.25) is 5.02 Å². The largest absolute Gasteiger partial charge is 0.313 e. The molecule has 0 aromatic heterocycles. The van der Waals surface area contributed by atoms with E-state index in [0.29, 0.717) is 12.0 Å². The highest BCUT2D eigenvalue weighted by atomic mass is 35.5. The number of nitrogens with one attached hydrogen (secondary N) is 1. The van der Waals surface area contributed by atoms with Crippen LogP contribution < -0.4 is 5.32 Å². The minimum absolute atomic E-state index is 0.0849. The van der Waals surface area contributed by atoms with Crippen molar-refractivity contribution in [3.05, 3.63) is 69.7 Å². The number of halogens is 3. The van der Waals surface area contributed by atoms with Crippen LogP contribution in [0.5, 0.6) is 0 Å². The van der Waals surface area contributed by atoms with E-state index in [1.54, 1.807) is 25.2 Å². The molecule has 106 valence electrons. The average molecular weight is 296 g/mol. The number of hydrogen-bond donors (Lipinski definition) is 1. The van der Waals surface area contributed by atoms with E-state index in [9.17, 15) is 8.78 Å². The summed E-state index contributed by atoms with van der Waals surface area (Å²) in [5, 5.41) is 3.17. The lowest BCUT2D eigenvalue weighted by molar-refractivity contribution is 0.533. The highest BCUT2D eigenvalue weighted by molar-refractivity contribution is 6.30. The van der Waals surface area contributed by atoms with E-state index in [0.717, 1.165) is 11.1 Å². The van der Waals surface area contributed by atoms with Gasteiger partial charge in [-0.05, 0) is 49.7 Å². The van der Waals surface area contributed by atoms with Crippen molar-refractivity contribution in [3.63, 3.8) is 0 Å². The van der Waals surface area contributed by atoms with Crippen molar-refractivity contribution in [1.29, 1.82) is 0 Å². The zero-order valence-corrected chi connectivity index (χ0v) is 12.1. The van der Waals surface area contributed by atoms with Crippen LogP contribution in [0, 0.1) is 18.6 Å². The van der Waals surface area contributed by atoms with E-state index in [1.165, 1.54) is 12.1 Å². The summed E-state index contributed by atoms with van der Waals surface area (Å²) in [5.74, 6) is -0.685. The summed E-state index contributed by atoms with van der Waals surface area (Å²) in [7, 11) is 1.77. The predicted octanol–water partition coefficient (Wildman–Crippen LogP) is 4.43. The number of aryl methyl sites for hydroxylation is 1. The third kappa shape index (κ3) is 3.35. The Labute approximate surface area is 122 Å². The van der Waals surface area contributed by atoms with Gasteiger partial charge in [-0.15, -0.1) is 0 Å². The number of rotatable bonds is 4. The Kier molecular flexibility index (Phi) is 4.73. The lowest BCUT2D eigenvalue weighted by Crippen LogP contribution is -2.20. The molecule has 0 spiro atoms. The van der Waals surface area contributed by atoms with Crippen molar-refractivity contribution in [2.45, 2.75) is 19.4 Å². The highest BCUT2D eigenvalue weighted by Gasteiger charge is 2.15. The number of likely N-dealkylation sites (N-methyl/N-ethyl adjacent to an activating group) is 1. The quantitative estimate of drug-likeness (QED) is 0.880. The van der Waals surface area contributed by atoms with Crippen molar-refractivity contribution in [1.82, 2.24) is 5.32 Å². The second kappa shape index (κ2) is 6.33. The Morgan fingerprint density at radius 1 is 1.10 bits per heavy atom. The Bertz CT molecular complexity index is 613. The monoisotopic (exact) mass is 295 g/mol. The Morgan fingerprint density at radius 2 is 1.85 bits per heavy atom. The molecule has 1 N–H and O–H groups in total. The van der Waals surface area contributed by atoms with E-state index >= 15 is 0 Å². The second-order valence-electron chi connectivity index (χ2n) is 4.82. The molecule has 0 heterocycles. The molecule has 0 fully saturated rings. The van der Waals surface area contributed by atoms with Crippen LogP contribution in [0.4, 0.5) is 8.78 Å². The van der Waals surface area contributed by atoms with Crippen molar-refractivity contribution in [2.24, 2.45) is 0 Å². The Hall–Kier alpha value is -1.45. The Balaban J connectivity index is 2.26. The van der Waals surface area contributed by atoms with Gasteiger partial charge in [0.25, 0.3) is 0 Å². The summed E-state index contributed by atoms with van der Waals surface area (Å²) in [4.78, 5) is 0. The van der Waals surface area contributed by atoms with Gasteiger partial charge < -0.3 is 5.32 Å². The first-order valence-corrected chi connectivity index (χ1v) is 6.76. The first-order valence-electron chi connectivity index (χ1n) is 6.38. The lowest BCUT2D eigenvalue weighted by Gasteiger charge is -2.18. The van der Waals surface area contributed by atoms with Gasteiger partial charge >= 0.3 is 0 Å². The average Bonchev–Trinajstić information content (AvgIpc) is 2.41. The number of hydrogen-bond acceptors (Lipinski definition) is 1. The highest BCUT2D eigenvalue weighted by Crippen LogP contribution is 2.24. The molecule has 0 radical (unpaired) electrons. The maximum Gasteiger partial charge on any atom is 0.141 e. The summed E-state index contributed by atoms with van der Waals surface area (Å²) in [6.45, 7) is 1.85. The fourth-order valence-corrected chi connectivity index (χ4v) is 2.39. The van der Waals surface area contributed by atoms with Crippen molar-refractivity contribution < 1.29 is 8.78 Å². The third-order valence-electron chi connectivity index (χ3n) is 3.30. The fraction of sp³-hybridized carbons (Fsp3) is 0.250. The molecule has 1 nitrogen and oxygen atoms in total. The van der Waals surface area contributed by atoms with Crippen molar-refractivity contribution >= 4 is 11.6 Å². The van der Waals surface area contributed by atoms with Gasteiger partial charge in [0.2, 0.25) is 0 Å². The first kappa shape index (κ1) is 14.9. The molecule has 1 atom stereocenters. The Morgan fingerprint density at radius 3 is 2.45 bits per heavy atom. The van der Waals surface area contributed by atoms with Gasteiger partial charge in [0.1, 0.15) is 11.6 Å². The normalized spacial score (nSPS) is 12.4. The predicted molar refractivity (Wildman–Crippen MR) is 78.1 cm³/mol. The van der Waals surface area contributed by atoms with E-state index in [4.69, 9.17) is 11.6 Å². The maximum atomic E-state index is 14.0. The van der Waals surface area contributed by atoms with Crippen LogP contribution in [-0.2, 0) is 6.42 Å². The summed E-state index contributed by atoms with van der Waals surface area (Å²) in [5.41, 5.74) is 2.33. The molecule has 0 aliphatic rings. The van der Waals surface area contributed by atoms with Gasteiger partial charge in [-0.25, -0.2) is 8.78 Å². The molecule has 0 aliphatic heterocycles. The summed E-state index contributed by atoms with van der Waals surface area (Å²) >= 11 is 5.77. The van der Waals surface area contributed by atoms with Crippen LogP contribution in [0.15, 0.2) is 36.4 Å². The van der Waals surface area contributed by atoms with E-state index in [1.807, 2.05) is 13.0 Å². The molecule has 4 heteroatoms.